The molecule has 0 aliphatic rings. The Morgan fingerprint density at radius 2 is 1.59 bits per heavy atom. The minimum absolute atomic E-state index is 0.174. The van der Waals surface area contributed by atoms with Gasteiger partial charge >= 0.3 is 0 Å². The van der Waals surface area contributed by atoms with Crippen LogP contribution in [0.5, 0.6) is 0 Å². The summed E-state index contributed by atoms with van der Waals surface area (Å²) < 4.78 is 0. The molecule has 0 aliphatic carbocycles. The second-order valence-electron chi connectivity index (χ2n) is 7.02. The van der Waals surface area contributed by atoms with E-state index < -0.39 is 0 Å². The van der Waals surface area contributed by atoms with Crippen molar-refractivity contribution in [1.29, 1.82) is 0 Å². The molecule has 0 spiro atoms. The highest BCUT2D eigenvalue weighted by Gasteiger charge is 2.25. The average molecular weight is 295 g/mol. The van der Waals surface area contributed by atoms with Gasteiger partial charge in [-0.3, -0.25) is 0 Å². The van der Waals surface area contributed by atoms with Gasteiger partial charge in [0.1, 0.15) is 0 Å². The van der Waals surface area contributed by atoms with E-state index in [9.17, 15) is 0 Å². The van der Waals surface area contributed by atoms with Crippen molar-refractivity contribution < 1.29 is 0 Å². The van der Waals surface area contributed by atoms with Gasteiger partial charge in [0.2, 0.25) is 0 Å². The molecule has 1 N–H and O–H groups in total. The minimum Gasteiger partial charge on any atom is -0.355 e. The van der Waals surface area contributed by atoms with Gasteiger partial charge in [-0.1, -0.05) is 76.9 Å². The van der Waals surface area contributed by atoms with Crippen molar-refractivity contribution in [2.24, 2.45) is 5.92 Å². The van der Waals surface area contributed by atoms with Crippen LogP contribution in [0.2, 0.25) is 0 Å². The number of nitrogens with one attached hydrogen (secondary N) is 1. The Morgan fingerprint density at radius 3 is 2.27 bits per heavy atom. The third kappa shape index (κ3) is 4.37. The SMILES string of the molecule is CCCC(C)CC(C)(C)c1ccccc1Nc1ccccc1. The molecule has 2 aromatic rings. The van der Waals surface area contributed by atoms with Gasteiger partial charge in [0.05, 0.1) is 0 Å². The van der Waals surface area contributed by atoms with E-state index in [1.807, 2.05) is 6.07 Å². The summed E-state index contributed by atoms with van der Waals surface area (Å²) in [5, 5.41) is 3.58. The number of rotatable bonds is 7. The van der Waals surface area contributed by atoms with E-state index in [4.69, 9.17) is 0 Å². The summed E-state index contributed by atoms with van der Waals surface area (Å²) in [4.78, 5) is 0. The van der Waals surface area contributed by atoms with Crippen molar-refractivity contribution in [3.05, 3.63) is 60.2 Å². The third-order valence-corrected chi connectivity index (χ3v) is 4.35. The van der Waals surface area contributed by atoms with Crippen LogP contribution >= 0.6 is 0 Å². The first-order valence-corrected chi connectivity index (χ1v) is 8.44. The highest BCUT2D eigenvalue weighted by atomic mass is 14.9. The molecule has 0 heterocycles. The fourth-order valence-corrected chi connectivity index (χ4v) is 3.44. The Morgan fingerprint density at radius 1 is 0.955 bits per heavy atom. The smallest absolute Gasteiger partial charge is 0.0422 e. The van der Waals surface area contributed by atoms with E-state index in [0.29, 0.717) is 0 Å². The number of benzene rings is 2. The highest BCUT2D eigenvalue weighted by Crippen LogP contribution is 2.37. The summed E-state index contributed by atoms with van der Waals surface area (Å²) in [6.45, 7) is 9.38. The maximum absolute atomic E-state index is 3.58. The van der Waals surface area contributed by atoms with E-state index in [-0.39, 0.29) is 5.41 Å². The van der Waals surface area contributed by atoms with E-state index in [1.165, 1.54) is 30.5 Å². The van der Waals surface area contributed by atoms with Crippen LogP contribution in [0, 0.1) is 5.92 Å². The van der Waals surface area contributed by atoms with Gasteiger partial charge in [0.25, 0.3) is 0 Å². The van der Waals surface area contributed by atoms with Crippen molar-refractivity contribution in [3.8, 4) is 0 Å². The number of para-hydroxylation sites is 2. The molecule has 0 bridgehead atoms. The zero-order valence-electron chi connectivity index (χ0n) is 14.4. The first-order chi connectivity index (χ1) is 10.5. The Labute approximate surface area is 135 Å². The zero-order valence-corrected chi connectivity index (χ0v) is 14.4. The molecule has 1 unspecified atom stereocenters. The summed E-state index contributed by atoms with van der Waals surface area (Å²) in [5.41, 5.74) is 3.95. The Hall–Kier alpha value is -1.76. The molecule has 0 saturated heterocycles. The van der Waals surface area contributed by atoms with Gasteiger partial charge in [0, 0.05) is 11.4 Å². The lowest BCUT2D eigenvalue weighted by molar-refractivity contribution is 0.362. The summed E-state index contributed by atoms with van der Waals surface area (Å²) in [6, 6.07) is 19.1. The highest BCUT2D eigenvalue weighted by molar-refractivity contribution is 5.64. The van der Waals surface area contributed by atoms with Gasteiger partial charge in [0.15, 0.2) is 0 Å². The molecule has 0 amide bonds. The largest absolute Gasteiger partial charge is 0.355 e. The first kappa shape index (κ1) is 16.6. The van der Waals surface area contributed by atoms with E-state index >= 15 is 0 Å². The van der Waals surface area contributed by atoms with Gasteiger partial charge in [-0.05, 0) is 41.5 Å². The predicted molar refractivity (Wildman–Crippen MR) is 97.9 cm³/mol. The van der Waals surface area contributed by atoms with Crippen LogP contribution < -0.4 is 5.32 Å². The minimum atomic E-state index is 0.174. The maximum atomic E-state index is 3.58. The van der Waals surface area contributed by atoms with Crippen molar-refractivity contribution in [2.45, 2.75) is 52.4 Å². The van der Waals surface area contributed by atoms with E-state index in [0.717, 1.165) is 11.6 Å². The summed E-state index contributed by atoms with van der Waals surface area (Å²) in [5.74, 6) is 0.754. The molecule has 2 rings (SSSR count). The summed E-state index contributed by atoms with van der Waals surface area (Å²) in [7, 11) is 0. The molecule has 2 aromatic carbocycles. The second kappa shape index (κ2) is 7.49. The quantitative estimate of drug-likeness (QED) is 0.612. The number of hydrogen-bond donors (Lipinski definition) is 1. The van der Waals surface area contributed by atoms with Gasteiger partial charge in [-0.15, -0.1) is 0 Å². The molecule has 0 aromatic heterocycles. The third-order valence-electron chi connectivity index (χ3n) is 4.35. The number of anilines is 2. The Kier molecular flexibility index (Phi) is 5.65. The predicted octanol–water partition coefficient (Wildman–Crippen LogP) is 6.53. The molecule has 1 heteroatoms. The lowest BCUT2D eigenvalue weighted by Gasteiger charge is -2.31. The van der Waals surface area contributed by atoms with Crippen molar-refractivity contribution in [3.63, 3.8) is 0 Å². The fourth-order valence-electron chi connectivity index (χ4n) is 3.44. The lowest BCUT2D eigenvalue weighted by atomic mass is 9.76. The molecule has 0 radical (unpaired) electrons. The summed E-state index contributed by atoms with van der Waals surface area (Å²) in [6.07, 6.45) is 3.78. The second-order valence-corrected chi connectivity index (χ2v) is 7.02. The van der Waals surface area contributed by atoms with Crippen LogP contribution in [-0.4, -0.2) is 0 Å². The van der Waals surface area contributed by atoms with Gasteiger partial charge in [-0.25, -0.2) is 0 Å². The molecule has 1 atom stereocenters. The Balaban J connectivity index is 2.23. The summed E-state index contributed by atoms with van der Waals surface area (Å²) >= 11 is 0. The fraction of sp³-hybridized carbons (Fsp3) is 0.429. The van der Waals surface area contributed by atoms with Crippen molar-refractivity contribution >= 4 is 11.4 Å². The molecular weight excluding hydrogens is 266 g/mol. The average Bonchev–Trinajstić information content (AvgIpc) is 2.48. The van der Waals surface area contributed by atoms with Gasteiger partial charge < -0.3 is 5.32 Å². The van der Waals surface area contributed by atoms with Crippen LogP contribution in [0.4, 0.5) is 11.4 Å². The molecule has 22 heavy (non-hydrogen) atoms. The molecule has 1 nitrogen and oxygen atoms in total. The Bertz CT molecular complexity index is 571. The first-order valence-electron chi connectivity index (χ1n) is 8.44. The lowest BCUT2D eigenvalue weighted by Crippen LogP contribution is -2.22. The molecule has 118 valence electrons. The number of hydrogen-bond acceptors (Lipinski definition) is 1. The molecule has 0 fully saturated rings. The normalized spacial score (nSPS) is 12.9. The molecule has 0 aliphatic heterocycles. The topological polar surface area (TPSA) is 12.0 Å². The van der Waals surface area contributed by atoms with Crippen LogP contribution in [0.25, 0.3) is 0 Å². The van der Waals surface area contributed by atoms with E-state index in [1.54, 1.807) is 0 Å². The van der Waals surface area contributed by atoms with E-state index in [2.05, 4.69) is 81.5 Å². The standard InChI is InChI=1S/C21H29N/c1-5-11-17(2)16-21(3,4)19-14-9-10-15-20(19)22-18-12-7-6-8-13-18/h6-10,12-15,17,22H,5,11,16H2,1-4H3. The van der Waals surface area contributed by atoms with Crippen LogP contribution in [0.3, 0.4) is 0 Å². The van der Waals surface area contributed by atoms with Crippen LogP contribution in [0.1, 0.15) is 52.5 Å². The molecule has 0 saturated carbocycles. The van der Waals surface area contributed by atoms with Crippen molar-refractivity contribution in [1.82, 2.24) is 0 Å². The zero-order chi connectivity index (χ0) is 16.0. The van der Waals surface area contributed by atoms with Crippen LogP contribution in [-0.2, 0) is 5.41 Å². The van der Waals surface area contributed by atoms with Crippen LogP contribution in [0.15, 0.2) is 54.6 Å². The maximum Gasteiger partial charge on any atom is 0.0422 e. The van der Waals surface area contributed by atoms with Gasteiger partial charge in [-0.2, -0.15) is 0 Å². The van der Waals surface area contributed by atoms with Crippen molar-refractivity contribution in [2.75, 3.05) is 5.32 Å². The molecular formula is C21H29N. The monoisotopic (exact) mass is 295 g/mol.